The molecule has 1 aromatic heterocycles. The number of amides is 1. The zero-order chi connectivity index (χ0) is 17.2. The van der Waals surface area contributed by atoms with Crippen molar-refractivity contribution in [1.29, 1.82) is 0 Å². The molecule has 25 heavy (non-hydrogen) atoms. The van der Waals surface area contributed by atoms with E-state index in [0.717, 1.165) is 0 Å². The number of rotatable bonds is 3. The van der Waals surface area contributed by atoms with Crippen molar-refractivity contribution in [2.24, 2.45) is 0 Å². The van der Waals surface area contributed by atoms with Gasteiger partial charge in [0.25, 0.3) is 5.91 Å². The van der Waals surface area contributed by atoms with Gasteiger partial charge in [-0.2, -0.15) is 0 Å². The minimum atomic E-state index is -0.390. The highest BCUT2D eigenvalue weighted by Gasteiger charge is 2.17. The van der Waals surface area contributed by atoms with Gasteiger partial charge in [-0.05, 0) is 36.4 Å². The first-order chi connectivity index (χ1) is 12.2. The summed E-state index contributed by atoms with van der Waals surface area (Å²) in [6, 6.07) is 11.9. The van der Waals surface area contributed by atoms with Gasteiger partial charge in [-0.15, -0.1) is 5.10 Å². The van der Waals surface area contributed by atoms with Gasteiger partial charge in [0.15, 0.2) is 11.5 Å². The molecule has 1 aliphatic rings. The number of benzene rings is 2. The van der Waals surface area contributed by atoms with Crippen LogP contribution in [0.4, 0.5) is 6.01 Å². The van der Waals surface area contributed by atoms with Gasteiger partial charge in [0.05, 0.1) is 0 Å². The Balaban J connectivity index is 1.52. The average molecular weight is 358 g/mol. The normalized spacial score (nSPS) is 12.7. The van der Waals surface area contributed by atoms with Crippen molar-refractivity contribution >= 4 is 23.5 Å². The van der Waals surface area contributed by atoms with Crippen molar-refractivity contribution in [1.82, 2.24) is 10.2 Å². The second kappa shape index (κ2) is 6.45. The number of nitrogens with one attached hydrogen (secondary N) is 1. The van der Waals surface area contributed by atoms with E-state index < -0.39 is 5.91 Å². The first-order valence-corrected chi connectivity index (χ1v) is 7.87. The molecule has 4 rings (SSSR count). The average Bonchev–Trinajstić information content (AvgIpc) is 3.10. The lowest BCUT2D eigenvalue weighted by molar-refractivity contribution is 0.102. The predicted octanol–water partition coefficient (Wildman–Crippen LogP) is 3.41. The van der Waals surface area contributed by atoms with E-state index in [9.17, 15) is 4.79 Å². The third kappa shape index (κ3) is 3.27. The third-order valence-corrected chi connectivity index (χ3v) is 3.76. The van der Waals surface area contributed by atoms with Crippen molar-refractivity contribution in [3.05, 3.63) is 53.1 Å². The van der Waals surface area contributed by atoms with Gasteiger partial charge in [-0.3, -0.25) is 10.1 Å². The van der Waals surface area contributed by atoms with Crippen molar-refractivity contribution in [3.8, 4) is 23.0 Å². The minimum Gasteiger partial charge on any atom is -0.486 e. The number of carbonyl (C=O) groups is 1. The summed E-state index contributed by atoms with van der Waals surface area (Å²) in [6.07, 6.45) is 0. The lowest BCUT2D eigenvalue weighted by Gasteiger charge is -2.18. The molecule has 3 aromatic rings. The van der Waals surface area contributed by atoms with Crippen LogP contribution in [0.1, 0.15) is 10.4 Å². The fourth-order valence-electron chi connectivity index (χ4n) is 2.37. The quantitative estimate of drug-likeness (QED) is 0.773. The van der Waals surface area contributed by atoms with Gasteiger partial charge in [-0.25, -0.2) is 0 Å². The maximum Gasteiger partial charge on any atom is 0.322 e. The molecule has 1 aliphatic heterocycles. The number of anilines is 1. The van der Waals surface area contributed by atoms with Gasteiger partial charge in [0.2, 0.25) is 5.89 Å². The standard InChI is InChI=1S/C17H12ClN3O4/c18-12-3-1-2-11(8-12)16-20-21-17(25-16)19-15(22)10-4-5-13-14(9-10)24-7-6-23-13/h1-5,8-9H,6-7H2,(H,19,21,22). The second-order valence-corrected chi connectivity index (χ2v) is 5.67. The maximum absolute atomic E-state index is 12.3. The van der Waals surface area contributed by atoms with Crippen LogP contribution < -0.4 is 14.8 Å². The molecule has 7 nitrogen and oxygen atoms in total. The summed E-state index contributed by atoms with van der Waals surface area (Å²) < 4.78 is 16.4. The van der Waals surface area contributed by atoms with E-state index in [2.05, 4.69) is 15.5 Å². The van der Waals surface area contributed by atoms with Crippen LogP contribution in [-0.2, 0) is 0 Å². The number of hydrogen-bond donors (Lipinski definition) is 1. The Hall–Kier alpha value is -3.06. The van der Waals surface area contributed by atoms with Crippen molar-refractivity contribution < 1.29 is 18.7 Å². The SMILES string of the molecule is O=C(Nc1nnc(-c2cccc(Cl)c2)o1)c1ccc2c(c1)OCCO2. The first kappa shape index (κ1) is 15.5. The van der Waals surface area contributed by atoms with Crippen LogP contribution in [-0.4, -0.2) is 29.3 Å². The Morgan fingerprint density at radius 2 is 1.88 bits per heavy atom. The van der Waals surface area contributed by atoms with Gasteiger partial charge in [0.1, 0.15) is 13.2 Å². The molecular weight excluding hydrogens is 346 g/mol. The van der Waals surface area contributed by atoms with Gasteiger partial charge in [-0.1, -0.05) is 22.8 Å². The molecule has 0 unspecified atom stereocenters. The molecule has 1 N–H and O–H groups in total. The zero-order valence-corrected chi connectivity index (χ0v) is 13.6. The highest BCUT2D eigenvalue weighted by molar-refractivity contribution is 6.30. The molecule has 0 saturated heterocycles. The van der Waals surface area contributed by atoms with Crippen LogP contribution in [0.15, 0.2) is 46.9 Å². The van der Waals surface area contributed by atoms with Crippen LogP contribution in [0.2, 0.25) is 5.02 Å². The van der Waals surface area contributed by atoms with E-state index in [1.807, 2.05) is 0 Å². The monoisotopic (exact) mass is 357 g/mol. The molecule has 8 heteroatoms. The lowest BCUT2D eigenvalue weighted by atomic mass is 10.2. The molecule has 0 spiro atoms. The van der Waals surface area contributed by atoms with Crippen LogP contribution in [0.25, 0.3) is 11.5 Å². The second-order valence-electron chi connectivity index (χ2n) is 5.24. The maximum atomic E-state index is 12.3. The molecule has 2 heterocycles. The molecule has 2 aromatic carbocycles. The molecule has 0 bridgehead atoms. The highest BCUT2D eigenvalue weighted by Crippen LogP contribution is 2.31. The summed E-state index contributed by atoms with van der Waals surface area (Å²) in [5.41, 5.74) is 1.06. The van der Waals surface area contributed by atoms with Gasteiger partial charge < -0.3 is 13.9 Å². The minimum absolute atomic E-state index is 0.00476. The fourth-order valence-corrected chi connectivity index (χ4v) is 2.56. The molecule has 0 aliphatic carbocycles. The van der Waals surface area contributed by atoms with Crippen LogP contribution in [0, 0.1) is 0 Å². The summed E-state index contributed by atoms with van der Waals surface area (Å²) in [5.74, 6) is 1.02. The van der Waals surface area contributed by atoms with E-state index in [1.165, 1.54) is 0 Å². The predicted molar refractivity (Wildman–Crippen MR) is 90.1 cm³/mol. The highest BCUT2D eigenvalue weighted by atomic mass is 35.5. The Kier molecular flexibility index (Phi) is 3.99. The number of hydrogen-bond acceptors (Lipinski definition) is 6. The summed E-state index contributed by atoms with van der Waals surface area (Å²) in [7, 11) is 0. The summed E-state index contributed by atoms with van der Waals surface area (Å²) in [4.78, 5) is 12.3. The molecule has 0 atom stereocenters. The number of halogens is 1. The van der Waals surface area contributed by atoms with E-state index >= 15 is 0 Å². The lowest BCUT2D eigenvalue weighted by Crippen LogP contribution is -2.17. The number of fused-ring (bicyclic) bond motifs is 1. The summed E-state index contributed by atoms with van der Waals surface area (Å²) >= 11 is 5.94. The van der Waals surface area contributed by atoms with Crippen LogP contribution in [0.3, 0.4) is 0 Å². The van der Waals surface area contributed by atoms with Crippen LogP contribution >= 0.6 is 11.6 Å². The summed E-state index contributed by atoms with van der Waals surface area (Å²) in [6.45, 7) is 0.942. The molecule has 0 radical (unpaired) electrons. The number of carbonyl (C=O) groups excluding carboxylic acids is 1. The van der Waals surface area contributed by atoms with E-state index in [-0.39, 0.29) is 11.9 Å². The molecule has 126 valence electrons. The van der Waals surface area contributed by atoms with E-state index in [4.69, 9.17) is 25.5 Å². The van der Waals surface area contributed by atoms with Crippen molar-refractivity contribution in [2.45, 2.75) is 0 Å². The van der Waals surface area contributed by atoms with E-state index in [0.29, 0.717) is 40.9 Å². The topological polar surface area (TPSA) is 86.5 Å². The van der Waals surface area contributed by atoms with Gasteiger partial charge in [0, 0.05) is 16.1 Å². The molecule has 0 fully saturated rings. The molecule has 0 saturated carbocycles. The smallest absolute Gasteiger partial charge is 0.322 e. The Morgan fingerprint density at radius 1 is 1.04 bits per heavy atom. The van der Waals surface area contributed by atoms with Crippen LogP contribution in [0.5, 0.6) is 11.5 Å². The number of ether oxygens (including phenoxy) is 2. The fraction of sp³-hybridized carbons (Fsp3) is 0.118. The molecule has 1 amide bonds. The van der Waals surface area contributed by atoms with Crippen molar-refractivity contribution in [2.75, 3.05) is 18.5 Å². The Bertz CT molecular complexity index is 941. The number of nitrogens with zero attached hydrogens (tertiary/aromatic N) is 2. The first-order valence-electron chi connectivity index (χ1n) is 7.49. The van der Waals surface area contributed by atoms with Crippen molar-refractivity contribution in [3.63, 3.8) is 0 Å². The Morgan fingerprint density at radius 3 is 2.72 bits per heavy atom. The summed E-state index contributed by atoms with van der Waals surface area (Å²) in [5, 5.41) is 10.9. The Labute approximate surface area is 147 Å². The van der Waals surface area contributed by atoms with Gasteiger partial charge >= 0.3 is 6.01 Å². The zero-order valence-electron chi connectivity index (χ0n) is 12.9. The third-order valence-electron chi connectivity index (χ3n) is 3.52. The molecular formula is C17H12ClN3O4. The largest absolute Gasteiger partial charge is 0.486 e. The number of aromatic nitrogens is 2. The van der Waals surface area contributed by atoms with E-state index in [1.54, 1.807) is 42.5 Å².